The summed E-state index contributed by atoms with van der Waals surface area (Å²) in [5.41, 5.74) is 1.37. The van der Waals surface area contributed by atoms with E-state index in [9.17, 15) is 0 Å². The van der Waals surface area contributed by atoms with E-state index in [4.69, 9.17) is 11.6 Å². The average molecular weight is 268 g/mol. The van der Waals surface area contributed by atoms with E-state index < -0.39 is 0 Å². The normalized spacial score (nSPS) is 12.9. The minimum Gasteiger partial charge on any atom is -0.313 e. The van der Waals surface area contributed by atoms with Crippen LogP contribution in [0.15, 0.2) is 24.3 Å². The van der Waals surface area contributed by atoms with E-state index in [0.717, 1.165) is 23.9 Å². The third-order valence-corrected chi connectivity index (χ3v) is 3.90. The number of halogens is 1. The van der Waals surface area contributed by atoms with E-state index in [2.05, 4.69) is 38.2 Å². The molecule has 0 spiro atoms. The Morgan fingerprint density at radius 3 is 2.17 bits per heavy atom. The van der Waals surface area contributed by atoms with Gasteiger partial charge in [0.2, 0.25) is 0 Å². The number of nitrogens with one attached hydrogen (secondary N) is 1. The van der Waals surface area contributed by atoms with Crippen LogP contribution >= 0.6 is 11.6 Å². The van der Waals surface area contributed by atoms with Crippen LogP contribution in [0.1, 0.15) is 45.6 Å². The van der Waals surface area contributed by atoms with Crippen LogP contribution in [-0.4, -0.2) is 12.6 Å². The Balaban J connectivity index is 2.67. The molecule has 0 amide bonds. The maximum absolute atomic E-state index is 5.93. The lowest BCUT2D eigenvalue weighted by molar-refractivity contribution is 0.332. The van der Waals surface area contributed by atoms with E-state index in [1.165, 1.54) is 24.8 Å². The van der Waals surface area contributed by atoms with Gasteiger partial charge >= 0.3 is 0 Å². The minimum atomic E-state index is 0.584. The van der Waals surface area contributed by atoms with Crippen LogP contribution in [0.4, 0.5) is 0 Å². The summed E-state index contributed by atoms with van der Waals surface area (Å²) >= 11 is 5.93. The van der Waals surface area contributed by atoms with Gasteiger partial charge in [-0.25, -0.2) is 0 Å². The van der Waals surface area contributed by atoms with Crippen molar-refractivity contribution in [1.29, 1.82) is 0 Å². The van der Waals surface area contributed by atoms with Crippen molar-refractivity contribution in [2.24, 2.45) is 5.92 Å². The number of rotatable bonds is 8. The van der Waals surface area contributed by atoms with Crippen LogP contribution in [0.2, 0.25) is 5.02 Å². The molecule has 102 valence electrons. The molecule has 18 heavy (non-hydrogen) atoms. The number of hydrogen-bond acceptors (Lipinski definition) is 1. The lowest BCUT2D eigenvalue weighted by Gasteiger charge is -2.26. The van der Waals surface area contributed by atoms with Crippen molar-refractivity contribution in [3.63, 3.8) is 0 Å². The van der Waals surface area contributed by atoms with Gasteiger partial charge in [-0.1, -0.05) is 57.3 Å². The van der Waals surface area contributed by atoms with E-state index in [-0.39, 0.29) is 0 Å². The van der Waals surface area contributed by atoms with Gasteiger partial charge in [0.05, 0.1) is 0 Å². The van der Waals surface area contributed by atoms with Gasteiger partial charge in [-0.05, 0) is 43.0 Å². The molecule has 0 aliphatic carbocycles. The molecule has 0 heterocycles. The van der Waals surface area contributed by atoms with Crippen molar-refractivity contribution >= 4 is 11.6 Å². The first-order valence-corrected chi connectivity index (χ1v) is 7.56. The topological polar surface area (TPSA) is 12.0 Å². The van der Waals surface area contributed by atoms with E-state index in [0.29, 0.717) is 6.04 Å². The molecule has 1 aromatic carbocycles. The second-order valence-electron chi connectivity index (χ2n) is 4.97. The fourth-order valence-corrected chi connectivity index (χ4v) is 2.59. The van der Waals surface area contributed by atoms with Gasteiger partial charge in [0.25, 0.3) is 0 Å². The van der Waals surface area contributed by atoms with Gasteiger partial charge in [0.1, 0.15) is 0 Å². The van der Waals surface area contributed by atoms with Crippen molar-refractivity contribution in [3.05, 3.63) is 34.9 Å². The number of hydrogen-bond donors (Lipinski definition) is 1. The van der Waals surface area contributed by atoms with Gasteiger partial charge in [-0.15, -0.1) is 0 Å². The molecule has 1 rings (SSSR count). The predicted octanol–water partition coefficient (Wildman–Crippen LogP) is 4.69. The Kier molecular flexibility index (Phi) is 7.38. The Hall–Kier alpha value is -0.530. The largest absolute Gasteiger partial charge is 0.313 e. The third-order valence-electron chi connectivity index (χ3n) is 3.64. The summed E-state index contributed by atoms with van der Waals surface area (Å²) in [6.07, 6.45) is 4.78. The van der Waals surface area contributed by atoms with Gasteiger partial charge in [-0.3, -0.25) is 0 Å². The first-order valence-electron chi connectivity index (χ1n) is 7.19. The van der Waals surface area contributed by atoms with Crippen molar-refractivity contribution in [1.82, 2.24) is 5.32 Å². The molecule has 1 nitrogen and oxygen atoms in total. The summed E-state index contributed by atoms with van der Waals surface area (Å²) in [6, 6.07) is 8.85. The highest BCUT2D eigenvalue weighted by molar-refractivity contribution is 6.30. The monoisotopic (exact) mass is 267 g/mol. The standard InChI is InChI=1S/C16H26ClN/c1-4-11-18-16(14(5-2)6-3)12-13-7-9-15(17)10-8-13/h7-10,14,16,18H,4-6,11-12H2,1-3H3. The molecule has 2 heteroatoms. The van der Waals surface area contributed by atoms with Crippen molar-refractivity contribution in [3.8, 4) is 0 Å². The van der Waals surface area contributed by atoms with Crippen LogP contribution in [0, 0.1) is 5.92 Å². The van der Waals surface area contributed by atoms with Gasteiger partial charge in [-0.2, -0.15) is 0 Å². The molecule has 1 atom stereocenters. The van der Waals surface area contributed by atoms with Crippen molar-refractivity contribution in [2.45, 2.75) is 52.5 Å². The maximum atomic E-state index is 5.93. The fraction of sp³-hybridized carbons (Fsp3) is 0.625. The fourth-order valence-electron chi connectivity index (χ4n) is 2.47. The zero-order valence-corrected chi connectivity index (χ0v) is 12.6. The average Bonchev–Trinajstić information content (AvgIpc) is 2.39. The molecule has 0 saturated heterocycles. The summed E-state index contributed by atoms with van der Waals surface area (Å²) in [5, 5.41) is 4.52. The summed E-state index contributed by atoms with van der Waals surface area (Å²) in [7, 11) is 0. The quantitative estimate of drug-likeness (QED) is 0.721. The molecule has 0 aromatic heterocycles. The molecule has 1 N–H and O–H groups in total. The number of benzene rings is 1. The Morgan fingerprint density at radius 2 is 1.67 bits per heavy atom. The molecule has 0 aliphatic rings. The first kappa shape index (κ1) is 15.5. The molecule has 0 bridgehead atoms. The molecular weight excluding hydrogens is 242 g/mol. The molecule has 1 unspecified atom stereocenters. The van der Waals surface area contributed by atoms with Crippen LogP contribution in [-0.2, 0) is 6.42 Å². The van der Waals surface area contributed by atoms with Gasteiger partial charge < -0.3 is 5.32 Å². The zero-order valence-electron chi connectivity index (χ0n) is 11.9. The van der Waals surface area contributed by atoms with Crippen LogP contribution in [0.25, 0.3) is 0 Å². The molecule has 0 aliphatic heterocycles. The summed E-state index contributed by atoms with van der Waals surface area (Å²) in [4.78, 5) is 0. The Morgan fingerprint density at radius 1 is 1.06 bits per heavy atom. The molecule has 0 saturated carbocycles. The highest BCUT2D eigenvalue weighted by Crippen LogP contribution is 2.19. The second kappa shape index (κ2) is 8.55. The SMILES string of the molecule is CCCNC(Cc1ccc(Cl)cc1)C(CC)CC. The minimum absolute atomic E-state index is 0.584. The Bertz CT molecular complexity index is 316. The van der Waals surface area contributed by atoms with E-state index in [1.54, 1.807) is 0 Å². The molecule has 0 radical (unpaired) electrons. The molecule has 0 fully saturated rings. The maximum Gasteiger partial charge on any atom is 0.0406 e. The summed E-state index contributed by atoms with van der Waals surface area (Å²) < 4.78 is 0. The van der Waals surface area contributed by atoms with Crippen LogP contribution < -0.4 is 5.32 Å². The van der Waals surface area contributed by atoms with Crippen molar-refractivity contribution < 1.29 is 0 Å². The summed E-state index contributed by atoms with van der Waals surface area (Å²) in [5.74, 6) is 0.757. The lowest BCUT2D eigenvalue weighted by Crippen LogP contribution is -2.38. The van der Waals surface area contributed by atoms with E-state index in [1.807, 2.05) is 12.1 Å². The predicted molar refractivity (Wildman–Crippen MR) is 81.3 cm³/mol. The van der Waals surface area contributed by atoms with Gasteiger partial charge in [0, 0.05) is 11.1 Å². The van der Waals surface area contributed by atoms with E-state index >= 15 is 0 Å². The zero-order chi connectivity index (χ0) is 13.4. The van der Waals surface area contributed by atoms with Crippen LogP contribution in [0.3, 0.4) is 0 Å². The molecule has 1 aromatic rings. The molecular formula is C16H26ClN. The first-order chi connectivity index (χ1) is 8.71. The highest BCUT2D eigenvalue weighted by Gasteiger charge is 2.17. The van der Waals surface area contributed by atoms with Crippen molar-refractivity contribution in [2.75, 3.05) is 6.54 Å². The highest BCUT2D eigenvalue weighted by atomic mass is 35.5. The van der Waals surface area contributed by atoms with Crippen LogP contribution in [0.5, 0.6) is 0 Å². The lowest BCUT2D eigenvalue weighted by atomic mass is 9.89. The smallest absolute Gasteiger partial charge is 0.0406 e. The second-order valence-corrected chi connectivity index (χ2v) is 5.40. The van der Waals surface area contributed by atoms with Gasteiger partial charge in [0.15, 0.2) is 0 Å². The summed E-state index contributed by atoms with van der Waals surface area (Å²) in [6.45, 7) is 7.90. The Labute approximate surface area is 117 Å². The third kappa shape index (κ3) is 4.99.